The number of ketones is 1. The number of ether oxygens (including phenoxy) is 2. The molecule has 0 radical (unpaired) electrons. The van der Waals surface area contributed by atoms with Crippen LogP contribution in [-0.2, 0) is 0 Å². The van der Waals surface area contributed by atoms with E-state index in [1.165, 1.54) is 19.3 Å². The van der Waals surface area contributed by atoms with Gasteiger partial charge < -0.3 is 19.7 Å². The van der Waals surface area contributed by atoms with Crippen LogP contribution >= 0.6 is 15.9 Å². The average molecular weight is 379 g/mol. The van der Waals surface area contributed by atoms with Crippen LogP contribution in [0.4, 0.5) is 0 Å². The maximum absolute atomic E-state index is 12.2. The molecule has 0 fully saturated rings. The Morgan fingerprint density at radius 2 is 1.74 bits per heavy atom. The van der Waals surface area contributed by atoms with Gasteiger partial charge in [0, 0.05) is 6.07 Å². The van der Waals surface area contributed by atoms with E-state index in [-0.39, 0.29) is 17.1 Å². The third-order valence-electron chi connectivity index (χ3n) is 3.17. The zero-order valence-corrected chi connectivity index (χ0v) is 14.1. The predicted molar refractivity (Wildman–Crippen MR) is 90.4 cm³/mol. The highest BCUT2D eigenvalue weighted by molar-refractivity contribution is 9.10. The number of carbonyl (C=O) groups is 1. The number of hydrogen-bond acceptors (Lipinski definition) is 5. The Balaban J connectivity index is 2.26. The Labute approximate surface area is 141 Å². The molecule has 0 aliphatic rings. The molecular weight excluding hydrogens is 364 g/mol. The molecule has 0 amide bonds. The van der Waals surface area contributed by atoms with Gasteiger partial charge in [-0.05, 0) is 45.8 Å². The van der Waals surface area contributed by atoms with Crippen LogP contribution in [0.3, 0.4) is 0 Å². The minimum absolute atomic E-state index is 0.0893. The summed E-state index contributed by atoms with van der Waals surface area (Å²) in [4.78, 5) is 12.2. The van der Waals surface area contributed by atoms with E-state index >= 15 is 0 Å². The monoisotopic (exact) mass is 378 g/mol. The van der Waals surface area contributed by atoms with Crippen LogP contribution in [0.5, 0.6) is 23.0 Å². The zero-order valence-electron chi connectivity index (χ0n) is 12.5. The Hall–Kier alpha value is -2.47. The lowest BCUT2D eigenvalue weighted by molar-refractivity contribution is 0.104. The lowest BCUT2D eigenvalue weighted by Crippen LogP contribution is -1.95. The number of halogens is 1. The maximum Gasteiger partial charge on any atom is 0.189 e. The summed E-state index contributed by atoms with van der Waals surface area (Å²) in [7, 11) is 3.07. The van der Waals surface area contributed by atoms with Crippen LogP contribution in [0, 0.1) is 0 Å². The number of rotatable bonds is 5. The molecule has 0 aliphatic heterocycles. The summed E-state index contributed by atoms with van der Waals surface area (Å²) in [5, 5.41) is 19.2. The normalized spacial score (nSPS) is 10.7. The van der Waals surface area contributed by atoms with Crippen molar-refractivity contribution in [3.8, 4) is 23.0 Å². The van der Waals surface area contributed by atoms with Crippen LogP contribution in [-0.4, -0.2) is 30.2 Å². The van der Waals surface area contributed by atoms with Gasteiger partial charge in [0.05, 0.1) is 24.3 Å². The quantitative estimate of drug-likeness (QED) is 0.611. The number of allylic oxidation sites excluding steroid dienone is 1. The summed E-state index contributed by atoms with van der Waals surface area (Å²) in [6.45, 7) is 0. The zero-order chi connectivity index (χ0) is 17.0. The molecular formula is C17H15BrO5. The number of benzene rings is 2. The third kappa shape index (κ3) is 3.84. The van der Waals surface area contributed by atoms with Gasteiger partial charge in [0.15, 0.2) is 17.3 Å². The first-order valence-corrected chi connectivity index (χ1v) is 7.41. The van der Waals surface area contributed by atoms with E-state index in [1.807, 2.05) is 0 Å². The lowest BCUT2D eigenvalue weighted by Gasteiger charge is -2.07. The number of aromatic hydroxyl groups is 2. The van der Waals surface area contributed by atoms with E-state index in [0.717, 1.165) is 11.6 Å². The molecule has 0 aromatic heterocycles. The van der Waals surface area contributed by atoms with Crippen LogP contribution in [0.1, 0.15) is 15.9 Å². The minimum atomic E-state index is -0.391. The fourth-order valence-corrected chi connectivity index (χ4v) is 2.31. The van der Waals surface area contributed by atoms with Crippen molar-refractivity contribution < 1.29 is 24.5 Å². The van der Waals surface area contributed by atoms with Crippen LogP contribution < -0.4 is 9.47 Å². The number of hydrogen-bond donors (Lipinski definition) is 2. The fourth-order valence-electron chi connectivity index (χ4n) is 1.97. The smallest absolute Gasteiger partial charge is 0.189 e. The Morgan fingerprint density at radius 3 is 2.39 bits per heavy atom. The van der Waals surface area contributed by atoms with Gasteiger partial charge >= 0.3 is 0 Å². The van der Waals surface area contributed by atoms with E-state index in [0.29, 0.717) is 16.0 Å². The van der Waals surface area contributed by atoms with E-state index < -0.39 is 5.78 Å². The van der Waals surface area contributed by atoms with Gasteiger partial charge in [-0.1, -0.05) is 12.1 Å². The number of methoxy groups -OCH3 is 2. The molecule has 0 atom stereocenters. The molecule has 2 aromatic rings. The molecule has 0 bridgehead atoms. The summed E-state index contributed by atoms with van der Waals surface area (Å²) in [5.41, 5.74) is 0.833. The number of phenolic OH excluding ortho intramolecular Hbond substituents is 2. The van der Waals surface area contributed by atoms with Gasteiger partial charge in [-0.25, -0.2) is 0 Å². The molecule has 0 heterocycles. The van der Waals surface area contributed by atoms with Crippen LogP contribution in [0.15, 0.2) is 40.9 Å². The van der Waals surface area contributed by atoms with Crippen molar-refractivity contribution in [2.45, 2.75) is 0 Å². The van der Waals surface area contributed by atoms with Crippen molar-refractivity contribution >= 4 is 27.8 Å². The van der Waals surface area contributed by atoms with Gasteiger partial charge in [-0.2, -0.15) is 0 Å². The van der Waals surface area contributed by atoms with Crippen molar-refractivity contribution in [1.29, 1.82) is 0 Å². The molecule has 2 rings (SSSR count). The summed E-state index contributed by atoms with van der Waals surface area (Å²) < 4.78 is 10.7. The molecule has 120 valence electrons. The molecule has 2 N–H and O–H groups in total. The van der Waals surface area contributed by atoms with Crippen molar-refractivity contribution in [2.75, 3.05) is 14.2 Å². The van der Waals surface area contributed by atoms with E-state index in [1.54, 1.807) is 31.4 Å². The van der Waals surface area contributed by atoms with Crippen molar-refractivity contribution in [3.05, 3.63) is 52.0 Å². The second-order valence-electron chi connectivity index (χ2n) is 4.63. The molecule has 0 saturated heterocycles. The molecule has 0 aliphatic carbocycles. The van der Waals surface area contributed by atoms with Gasteiger partial charge in [0.25, 0.3) is 0 Å². The van der Waals surface area contributed by atoms with E-state index in [4.69, 9.17) is 9.47 Å². The topological polar surface area (TPSA) is 76.0 Å². The summed E-state index contributed by atoms with van der Waals surface area (Å²) in [5.74, 6) is 0.335. The molecule has 0 spiro atoms. The lowest BCUT2D eigenvalue weighted by atomic mass is 10.1. The Kier molecular flexibility index (Phi) is 5.28. The van der Waals surface area contributed by atoms with Gasteiger partial charge in [-0.3, -0.25) is 4.79 Å². The SMILES string of the molecule is COc1ccc(/C=C/C(=O)c2cc(Br)c(O)cc2O)cc1OC. The second-order valence-corrected chi connectivity index (χ2v) is 5.49. The van der Waals surface area contributed by atoms with Gasteiger partial charge in [0.2, 0.25) is 0 Å². The highest BCUT2D eigenvalue weighted by Crippen LogP contribution is 2.32. The first-order chi connectivity index (χ1) is 11.0. The van der Waals surface area contributed by atoms with Crippen LogP contribution in [0.25, 0.3) is 6.08 Å². The largest absolute Gasteiger partial charge is 0.507 e. The summed E-state index contributed by atoms with van der Waals surface area (Å²) in [6, 6.07) is 7.72. The molecule has 23 heavy (non-hydrogen) atoms. The molecule has 6 heteroatoms. The first-order valence-electron chi connectivity index (χ1n) is 6.62. The van der Waals surface area contributed by atoms with E-state index in [2.05, 4.69) is 15.9 Å². The fraction of sp³-hybridized carbons (Fsp3) is 0.118. The van der Waals surface area contributed by atoms with Gasteiger partial charge in [-0.15, -0.1) is 0 Å². The highest BCUT2D eigenvalue weighted by atomic mass is 79.9. The van der Waals surface area contributed by atoms with Crippen molar-refractivity contribution in [2.24, 2.45) is 0 Å². The number of carbonyl (C=O) groups excluding carboxylic acids is 1. The average Bonchev–Trinajstić information content (AvgIpc) is 2.55. The Bertz CT molecular complexity index is 768. The maximum atomic E-state index is 12.2. The third-order valence-corrected chi connectivity index (χ3v) is 3.80. The Morgan fingerprint density at radius 1 is 1.04 bits per heavy atom. The van der Waals surface area contributed by atoms with Crippen LogP contribution in [0.2, 0.25) is 0 Å². The molecule has 0 unspecified atom stereocenters. The first kappa shape index (κ1) is 16.9. The molecule has 2 aromatic carbocycles. The summed E-state index contributed by atoms with van der Waals surface area (Å²) >= 11 is 3.11. The standard InChI is InChI=1S/C17H15BrO5/c1-22-16-6-4-10(7-17(16)23-2)3-5-13(19)11-8-12(18)15(21)9-14(11)20/h3-9,20-21H,1-2H3/b5-3+. The highest BCUT2D eigenvalue weighted by Gasteiger charge is 2.12. The minimum Gasteiger partial charge on any atom is -0.507 e. The van der Waals surface area contributed by atoms with Crippen molar-refractivity contribution in [1.82, 2.24) is 0 Å². The van der Waals surface area contributed by atoms with Crippen molar-refractivity contribution in [3.63, 3.8) is 0 Å². The second kappa shape index (κ2) is 7.19. The number of phenols is 2. The van der Waals surface area contributed by atoms with Gasteiger partial charge in [0.1, 0.15) is 11.5 Å². The molecule has 5 nitrogen and oxygen atoms in total. The van der Waals surface area contributed by atoms with E-state index in [9.17, 15) is 15.0 Å². The predicted octanol–water partition coefficient (Wildman–Crippen LogP) is 3.77. The molecule has 0 saturated carbocycles. The summed E-state index contributed by atoms with van der Waals surface area (Å²) in [6.07, 6.45) is 2.93.